The third-order valence-corrected chi connectivity index (χ3v) is 6.47. The van der Waals surface area contributed by atoms with Crippen molar-refractivity contribution in [3.8, 4) is 0 Å². The van der Waals surface area contributed by atoms with Crippen LogP contribution in [0.4, 0.5) is 11.6 Å². The summed E-state index contributed by atoms with van der Waals surface area (Å²) in [6.07, 6.45) is 3.66. The van der Waals surface area contributed by atoms with E-state index in [4.69, 9.17) is 4.42 Å². The molecule has 166 valence electrons. The molecule has 2 aliphatic heterocycles. The van der Waals surface area contributed by atoms with E-state index >= 15 is 0 Å². The molecule has 0 bridgehead atoms. The van der Waals surface area contributed by atoms with E-state index in [0.717, 1.165) is 18.2 Å². The Morgan fingerprint density at radius 1 is 0.969 bits per heavy atom. The van der Waals surface area contributed by atoms with Crippen LogP contribution in [-0.2, 0) is 0 Å². The van der Waals surface area contributed by atoms with Crippen molar-refractivity contribution < 1.29 is 9.21 Å². The van der Waals surface area contributed by atoms with Crippen LogP contribution in [0.3, 0.4) is 0 Å². The highest BCUT2D eigenvalue weighted by atomic mass is 16.3. The normalized spacial score (nSPS) is 19.4. The first-order valence-electron chi connectivity index (χ1n) is 11.3. The number of piperazine rings is 1. The molecule has 5 rings (SSSR count). The number of hydrogen-bond acceptors (Lipinski definition) is 7. The first kappa shape index (κ1) is 20.5. The summed E-state index contributed by atoms with van der Waals surface area (Å²) < 4.78 is 5.72. The van der Waals surface area contributed by atoms with Crippen LogP contribution in [-0.4, -0.2) is 59.8 Å². The van der Waals surface area contributed by atoms with Crippen LogP contribution >= 0.6 is 0 Å². The summed E-state index contributed by atoms with van der Waals surface area (Å²) in [6, 6.07) is 12.8. The second-order valence-electron chi connectivity index (χ2n) is 8.54. The van der Waals surface area contributed by atoms with Gasteiger partial charge in [-0.05, 0) is 50.5 Å². The molecular formula is C24H27N5O3. The predicted molar refractivity (Wildman–Crippen MR) is 123 cm³/mol. The molecule has 2 saturated heterocycles. The number of nitrogens with zero attached hydrogens (tertiary/aromatic N) is 5. The summed E-state index contributed by atoms with van der Waals surface area (Å²) in [5, 5.41) is 9.41. The van der Waals surface area contributed by atoms with Crippen molar-refractivity contribution in [1.29, 1.82) is 0 Å². The topological polar surface area (TPSA) is 82.8 Å². The molecule has 0 N–H and O–H groups in total. The van der Waals surface area contributed by atoms with E-state index in [1.165, 1.54) is 25.3 Å². The number of rotatable bonds is 3. The average molecular weight is 434 g/mol. The molecule has 8 heteroatoms. The molecule has 0 aliphatic carbocycles. The molecule has 0 saturated carbocycles. The number of amides is 1. The van der Waals surface area contributed by atoms with Gasteiger partial charge in [-0.15, -0.1) is 10.2 Å². The number of aromatic nitrogens is 2. The Labute approximate surface area is 186 Å². The summed E-state index contributed by atoms with van der Waals surface area (Å²) in [7, 11) is 0. The number of hydrogen-bond donors (Lipinski definition) is 0. The van der Waals surface area contributed by atoms with Gasteiger partial charge in [0.25, 0.3) is 5.91 Å². The van der Waals surface area contributed by atoms with Gasteiger partial charge >= 0.3 is 0 Å². The van der Waals surface area contributed by atoms with E-state index in [-0.39, 0.29) is 17.1 Å². The number of carbonyl (C=O) groups excluding carboxylic acids is 1. The standard InChI is InChI=1S/C24H27N5O3/c1-17-6-4-5-11-29(17)23-10-9-22(25-26-23)27-12-14-28(15-13-27)24(31)21-16-19(30)18-7-2-3-8-20(18)32-21/h2-3,7-10,16-17H,4-6,11-15H2,1H3. The zero-order valence-electron chi connectivity index (χ0n) is 18.2. The molecule has 8 nitrogen and oxygen atoms in total. The lowest BCUT2D eigenvalue weighted by Crippen LogP contribution is -2.49. The minimum Gasteiger partial charge on any atom is -0.451 e. The molecule has 2 fully saturated rings. The lowest BCUT2D eigenvalue weighted by atomic mass is 10.0. The molecule has 4 heterocycles. The van der Waals surface area contributed by atoms with Crippen molar-refractivity contribution in [2.45, 2.75) is 32.2 Å². The minimum atomic E-state index is -0.256. The maximum Gasteiger partial charge on any atom is 0.289 e. The summed E-state index contributed by atoms with van der Waals surface area (Å²) >= 11 is 0. The molecule has 0 radical (unpaired) electrons. The second kappa shape index (κ2) is 8.61. The Morgan fingerprint density at radius 3 is 2.47 bits per heavy atom. The lowest BCUT2D eigenvalue weighted by Gasteiger charge is -2.36. The van der Waals surface area contributed by atoms with Crippen LogP contribution < -0.4 is 15.2 Å². The molecule has 1 atom stereocenters. The van der Waals surface area contributed by atoms with E-state index in [1.807, 2.05) is 12.1 Å². The fraction of sp³-hybridized carbons (Fsp3) is 0.417. The van der Waals surface area contributed by atoms with Gasteiger partial charge in [-0.25, -0.2) is 0 Å². The van der Waals surface area contributed by atoms with Gasteiger partial charge in [0, 0.05) is 44.8 Å². The van der Waals surface area contributed by atoms with Gasteiger partial charge in [-0.1, -0.05) is 12.1 Å². The SMILES string of the molecule is CC1CCCCN1c1ccc(N2CCN(C(=O)c3cc(=O)c4ccccc4o3)CC2)nn1. The van der Waals surface area contributed by atoms with Gasteiger partial charge < -0.3 is 19.1 Å². The highest BCUT2D eigenvalue weighted by molar-refractivity contribution is 5.93. The van der Waals surface area contributed by atoms with Crippen molar-refractivity contribution in [2.24, 2.45) is 0 Å². The van der Waals surface area contributed by atoms with E-state index in [9.17, 15) is 9.59 Å². The number of fused-ring (bicyclic) bond motifs is 1. The molecule has 0 spiro atoms. The number of benzene rings is 1. The van der Waals surface area contributed by atoms with Crippen LogP contribution in [0, 0.1) is 0 Å². The predicted octanol–water partition coefficient (Wildman–Crippen LogP) is 2.92. The Balaban J connectivity index is 1.24. The molecule has 1 unspecified atom stereocenters. The van der Waals surface area contributed by atoms with Gasteiger partial charge in [0.05, 0.1) is 5.39 Å². The summed E-state index contributed by atoms with van der Waals surface area (Å²) in [5.74, 6) is 1.58. The summed E-state index contributed by atoms with van der Waals surface area (Å²) in [6.45, 7) is 5.63. The molecule has 1 aromatic carbocycles. The van der Waals surface area contributed by atoms with E-state index in [1.54, 1.807) is 29.2 Å². The van der Waals surface area contributed by atoms with Crippen molar-refractivity contribution in [3.05, 3.63) is 58.4 Å². The van der Waals surface area contributed by atoms with Crippen molar-refractivity contribution >= 4 is 28.5 Å². The summed E-state index contributed by atoms with van der Waals surface area (Å²) in [5.41, 5.74) is 0.229. The largest absolute Gasteiger partial charge is 0.451 e. The van der Waals surface area contributed by atoms with Crippen molar-refractivity contribution in [2.75, 3.05) is 42.5 Å². The van der Waals surface area contributed by atoms with Crippen molar-refractivity contribution in [3.63, 3.8) is 0 Å². The monoisotopic (exact) mass is 433 g/mol. The Kier molecular flexibility index (Phi) is 5.51. The molecule has 2 aromatic heterocycles. The van der Waals surface area contributed by atoms with Crippen LogP contribution in [0.2, 0.25) is 0 Å². The van der Waals surface area contributed by atoms with Crippen molar-refractivity contribution in [1.82, 2.24) is 15.1 Å². The number of para-hydroxylation sites is 1. The lowest BCUT2D eigenvalue weighted by molar-refractivity contribution is 0.0715. The number of carbonyl (C=O) groups is 1. The van der Waals surface area contributed by atoms with Crippen LogP contribution in [0.1, 0.15) is 36.7 Å². The maximum absolute atomic E-state index is 12.9. The number of anilines is 2. The van der Waals surface area contributed by atoms with Gasteiger partial charge in [0.1, 0.15) is 5.58 Å². The molecule has 32 heavy (non-hydrogen) atoms. The van der Waals surface area contributed by atoms with Gasteiger partial charge in [0.2, 0.25) is 0 Å². The number of piperidine rings is 1. The third kappa shape index (κ3) is 3.92. The highest BCUT2D eigenvalue weighted by Gasteiger charge is 2.26. The second-order valence-corrected chi connectivity index (χ2v) is 8.54. The first-order valence-corrected chi connectivity index (χ1v) is 11.3. The van der Waals surface area contributed by atoms with E-state index < -0.39 is 0 Å². The third-order valence-electron chi connectivity index (χ3n) is 6.47. The zero-order chi connectivity index (χ0) is 22.1. The molecular weight excluding hydrogens is 406 g/mol. The van der Waals surface area contributed by atoms with Crippen LogP contribution in [0.5, 0.6) is 0 Å². The van der Waals surface area contributed by atoms with Crippen LogP contribution in [0.25, 0.3) is 11.0 Å². The zero-order valence-corrected chi connectivity index (χ0v) is 18.2. The Hall–Kier alpha value is -3.42. The Bertz CT molecular complexity index is 1170. The first-order chi connectivity index (χ1) is 15.6. The van der Waals surface area contributed by atoms with Gasteiger partial charge in [-0.3, -0.25) is 9.59 Å². The molecule has 1 amide bonds. The highest BCUT2D eigenvalue weighted by Crippen LogP contribution is 2.24. The van der Waals surface area contributed by atoms with Gasteiger partial charge in [-0.2, -0.15) is 0 Å². The van der Waals surface area contributed by atoms with E-state index in [0.29, 0.717) is 43.2 Å². The minimum absolute atomic E-state index is 0.0851. The molecule has 2 aliphatic rings. The quantitative estimate of drug-likeness (QED) is 0.628. The smallest absolute Gasteiger partial charge is 0.289 e. The van der Waals surface area contributed by atoms with Crippen LogP contribution in [0.15, 0.2) is 51.7 Å². The Morgan fingerprint density at radius 2 is 1.72 bits per heavy atom. The molecule has 3 aromatic rings. The average Bonchev–Trinajstić information content (AvgIpc) is 2.84. The fourth-order valence-corrected chi connectivity index (χ4v) is 4.58. The van der Waals surface area contributed by atoms with Gasteiger partial charge in [0.15, 0.2) is 22.8 Å². The fourth-order valence-electron chi connectivity index (χ4n) is 4.58. The maximum atomic E-state index is 12.9. The summed E-state index contributed by atoms with van der Waals surface area (Å²) in [4.78, 5) is 31.4. The van der Waals surface area contributed by atoms with E-state index in [2.05, 4.69) is 26.9 Å².